The van der Waals surface area contributed by atoms with Gasteiger partial charge in [0.2, 0.25) is 5.56 Å². The van der Waals surface area contributed by atoms with Crippen LogP contribution in [-0.2, 0) is 0 Å². The second kappa shape index (κ2) is 7.77. The third-order valence-electron chi connectivity index (χ3n) is 4.27. The quantitative estimate of drug-likeness (QED) is 0.477. The zero-order chi connectivity index (χ0) is 20.4. The van der Waals surface area contributed by atoms with Gasteiger partial charge in [0.15, 0.2) is 0 Å². The number of hydrogen-bond donors (Lipinski definition) is 2. The molecule has 4 aromatic rings. The van der Waals surface area contributed by atoms with E-state index in [1.54, 1.807) is 36.4 Å². The van der Waals surface area contributed by atoms with Gasteiger partial charge in [0.1, 0.15) is 17.3 Å². The molecule has 144 valence electrons. The Hall–Kier alpha value is -3.64. The molecule has 0 saturated carbocycles. The molecule has 5 nitrogen and oxygen atoms in total. The Balaban J connectivity index is 1.61. The monoisotopic (exact) mass is 408 g/mol. The first-order valence-electron chi connectivity index (χ1n) is 8.65. The van der Waals surface area contributed by atoms with Gasteiger partial charge in [-0.15, -0.1) is 0 Å². The van der Waals surface area contributed by atoms with Crippen LogP contribution < -0.4 is 15.6 Å². The average Bonchev–Trinajstić information content (AvgIpc) is 2.72. The lowest BCUT2D eigenvalue weighted by Crippen LogP contribution is -2.12. The van der Waals surface area contributed by atoms with Gasteiger partial charge in [-0.1, -0.05) is 23.7 Å². The molecule has 0 aliphatic heterocycles. The number of pyridine rings is 1. The normalized spacial score (nSPS) is 10.7. The molecule has 0 saturated heterocycles. The van der Waals surface area contributed by atoms with E-state index in [4.69, 9.17) is 16.3 Å². The Morgan fingerprint density at radius 3 is 2.59 bits per heavy atom. The number of rotatable bonds is 4. The highest BCUT2D eigenvalue weighted by atomic mass is 35.5. The first-order chi connectivity index (χ1) is 14.0. The number of benzene rings is 3. The topological polar surface area (TPSA) is 71.2 Å². The molecule has 4 rings (SSSR count). The zero-order valence-corrected chi connectivity index (χ0v) is 15.7. The van der Waals surface area contributed by atoms with Crippen LogP contribution in [-0.4, -0.2) is 10.9 Å². The molecule has 29 heavy (non-hydrogen) atoms. The van der Waals surface area contributed by atoms with Gasteiger partial charge < -0.3 is 15.0 Å². The number of anilines is 1. The SMILES string of the molecule is O=C(Nc1ccc(F)c(Cl)c1)c1cccc2cc(Oc3ccc(=O)[nH]c3)ccc12. The van der Waals surface area contributed by atoms with E-state index in [9.17, 15) is 14.0 Å². The number of aromatic amines is 1. The highest BCUT2D eigenvalue weighted by Crippen LogP contribution is 2.28. The lowest BCUT2D eigenvalue weighted by molar-refractivity contribution is 0.102. The van der Waals surface area contributed by atoms with Gasteiger partial charge in [0.05, 0.1) is 5.02 Å². The van der Waals surface area contributed by atoms with E-state index >= 15 is 0 Å². The second-order valence-corrected chi connectivity index (χ2v) is 6.67. The summed E-state index contributed by atoms with van der Waals surface area (Å²) in [7, 11) is 0. The standard InChI is InChI=1S/C22H14ClFN2O3/c23-19-11-14(4-8-20(19)24)26-22(28)18-3-1-2-13-10-15(5-7-17(13)18)29-16-6-9-21(27)25-12-16/h1-12H,(H,25,27)(H,26,28). The summed E-state index contributed by atoms with van der Waals surface area (Å²) < 4.78 is 19.0. The van der Waals surface area contributed by atoms with E-state index < -0.39 is 5.82 Å². The maximum Gasteiger partial charge on any atom is 0.256 e. The molecule has 0 fully saturated rings. The number of carbonyl (C=O) groups is 1. The Bertz CT molecular complexity index is 1270. The van der Waals surface area contributed by atoms with E-state index in [0.29, 0.717) is 22.7 Å². The smallest absolute Gasteiger partial charge is 0.256 e. The van der Waals surface area contributed by atoms with Crippen LogP contribution in [0.15, 0.2) is 77.7 Å². The summed E-state index contributed by atoms with van der Waals surface area (Å²) in [5, 5.41) is 4.19. The van der Waals surface area contributed by atoms with Crippen molar-refractivity contribution in [3.8, 4) is 11.5 Å². The molecular weight excluding hydrogens is 395 g/mol. The largest absolute Gasteiger partial charge is 0.456 e. The fourth-order valence-electron chi connectivity index (χ4n) is 2.89. The van der Waals surface area contributed by atoms with E-state index in [2.05, 4.69) is 10.3 Å². The van der Waals surface area contributed by atoms with Crippen molar-refractivity contribution in [2.75, 3.05) is 5.32 Å². The Labute approximate surface area is 169 Å². The predicted molar refractivity (Wildman–Crippen MR) is 110 cm³/mol. The lowest BCUT2D eigenvalue weighted by atomic mass is 10.0. The van der Waals surface area contributed by atoms with Gasteiger partial charge in [-0.25, -0.2) is 4.39 Å². The fourth-order valence-corrected chi connectivity index (χ4v) is 3.07. The Morgan fingerprint density at radius 1 is 1.00 bits per heavy atom. The third-order valence-corrected chi connectivity index (χ3v) is 4.55. The average molecular weight is 409 g/mol. The third kappa shape index (κ3) is 4.12. The number of nitrogens with one attached hydrogen (secondary N) is 2. The van der Waals surface area contributed by atoms with E-state index in [-0.39, 0.29) is 16.5 Å². The molecule has 1 amide bonds. The van der Waals surface area contributed by atoms with Crippen LogP contribution in [0, 0.1) is 5.82 Å². The summed E-state index contributed by atoms with van der Waals surface area (Å²) in [6, 6.07) is 17.6. The van der Waals surface area contributed by atoms with Crippen LogP contribution in [0.4, 0.5) is 10.1 Å². The molecule has 1 aromatic heterocycles. The molecule has 7 heteroatoms. The summed E-state index contributed by atoms with van der Waals surface area (Å²) in [6.07, 6.45) is 1.48. The number of halogens is 2. The number of hydrogen-bond acceptors (Lipinski definition) is 3. The van der Waals surface area contributed by atoms with Crippen molar-refractivity contribution < 1.29 is 13.9 Å². The molecule has 1 heterocycles. The summed E-state index contributed by atoms with van der Waals surface area (Å²) in [5.74, 6) is 0.163. The van der Waals surface area contributed by atoms with Crippen molar-refractivity contribution in [1.82, 2.24) is 4.98 Å². The van der Waals surface area contributed by atoms with Gasteiger partial charge in [0.25, 0.3) is 5.91 Å². The minimum Gasteiger partial charge on any atom is -0.456 e. The van der Waals surface area contributed by atoms with Crippen molar-refractivity contribution in [3.63, 3.8) is 0 Å². The number of ether oxygens (including phenoxy) is 1. The van der Waals surface area contributed by atoms with Gasteiger partial charge in [-0.2, -0.15) is 0 Å². The van der Waals surface area contributed by atoms with Gasteiger partial charge in [-0.05, 0) is 59.3 Å². The number of carbonyl (C=O) groups excluding carboxylic acids is 1. The molecule has 0 radical (unpaired) electrons. The molecule has 0 unspecified atom stereocenters. The summed E-state index contributed by atoms with van der Waals surface area (Å²) in [6.45, 7) is 0. The Kier molecular flexibility index (Phi) is 5.01. The molecule has 0 aliphatic carbocycles. The molecule has 0 aliphatic rings. The zero-order valence-electron chi connectivity index (χ0n) is 14.9. The van der Waals surface area contributed by atoms with Crippen LogP contribution >= 0.6 is 11.6 Å². The number of amides is 1. The first-order valence-corrected chi connectivity index (χ1v) is 9.03. The first kappa shape index (κ1) is 18.7. The maximum atomic E-state index is 13.3. The van der Waals surface area contributed by atoms with Crippen LogP contribution in [0.25, 0.3) is 10.8 Å². The van der Waals surface area contributed by atoms with Crippen molar-refractivity contribution in [2.24, 2.45) is 0 Å². The fraction of sp³-hybridized carbons (Fsp3) is 0. The lowest BCUT2D eigenvalue weighted by Gasteiger charge is -2.10. The van der Waals surface area contributed by atoms with Crippen molar-refractivity contribution in [3.05, 3.63) is 99.7 Å². The summed E-state index contributed by atoms with van der Waals surface area (Å²) in [5.41, 5.74) is 0.643. The highest BCUT2D eigenvalue weighted by Gasteiger charge is 2.12. The maximum absolute atomic E-state index is 13.3. The van der Waals surface area contributed by atoms with Gasteiger partial charge >= 0.3 is 0 Å². The van der Waals surface area contributed by atoms with E-state index in [1.165, 1.54) is 30.5 Å². The second-order valence-electron chi connectivity index (χ2n) is 6.26. The molecule has 0 atom stereocenters. The van der Waals surface area contributed by atoms with E-state index in [1.807, 2.05) is 6.07 Å². The van der Waals surface area contributed by atoms with Crippen LogP contribution in [0.3, 0.4) is 0 Å². The van der Waals surface area contributed by atoms with Crippen LogP contribution in [0.1, 0.15) is 10.4 Å². The summed E-state index contributed by atoms with van der Waals surface area (Å²) >= 11 is 5.77. The molecule has 3 aromatic carbocycles. The van der Waals surface area contributed by atoms with Crippen LogP contribution in [0.2, 0.25) is 5.02 Å². The summed E-state index contributed by atoms with van der Waals surface area (Å²) in [4.78, 5) is 26.4. The van der Waals surface area contributed by atoms with Crippen LogP contribution in [0.5, 0.6) is 11.5 Å². The van der Waals surface area contributed by atoms with Crippen molar-refractivity contribution in [1.29, 1.82) is 0 Å². The Morgan fingerprint density at radius 2 is 1.83 bits per heavy atom. The molecular formula is C22H14ClFN2O3. The minimum atomic E-state index is -0.551. The van der Waals surface area contributed by atoms with E-state index in [0.717, 1.165) is 10.8 Å². The van der Waals surface area contributed by atoms with Gasteiger partial charge in [-0.3, -0.25) is 9.59 Å². The molecule has 2 N–H and O–H groups in total. The van der Waals surface area contributed by atoms with Crippen molar-refractivity contribution in [2.45, 2.75) is 0 Å². The molecule has 0 bridgehead atoms. The number of H-pyrrole nitrogens is 1. The highest BCUT2D eigenvalue weighted by molar-refractivity contribution is 6.31. The minimum absolute atomic E-state index is 0.0650. The number of aromatic nitrogens is 1. The molecule has 0 spiro atoms. The van der Waals surface area contributed by atoms with Crippen molar-refractivity contribution >= 4 is 34.0 Å². The van der Waals surface area contributed by atoms with Gasteiger partial charge in [0, 0.05) is 23.5 Å². The predicted octanol–water partition coefficient (Wildman–Crippen LogP) is 5.37. The number of fused-ring (bicyclic) bond motifs is 1.